The molecule has 2 aromatic heterocycles. The molecule has 0 radical (unpaired) electrons. The number of thiophene rings is 1. The van der Waals surface area contributed by atoms with Crippen LogP contribution in [-0.4, -0.2) is 23.3 Å². The van der Waals surface area contributed by atoms with Crippen molar-refractivity contribution in [3.63, 3.8) is 0 Å². The van der Waals surface area contributed by atoms with Gasteiger partial charge in [-0.15, -0.1) is 22.7 Å². The average molecular weight is 416 g/mol. The number of hydrogen-bond donors (Lipinski definition) is 2. The lowest BCUT2D eigenvalue weighted by Crippen LogP contribution is -2.48. The van der Waals surface area contributed by atoms with Gasteiger partial charge < -0.3 is 10.6 Å². The van der Waals surface area contributed by atoms with Crippen LogP contribution in [0.15, 0.2) is 17.5 Å². The molecule has 4 bridgehead atoms. The van der Waals surface area contributed by atoms with Gasteiger partial charge in [0.2, 0.25) is 5.91 Å². The number of aryl methyl sites for hydroxylation is 1. The maximum atomic E-state index is 12.3. The molecule has 7 heteroatoms. The van der Waals surface area contributed by atoms with Crippen LogP contribution in [0.3, 0.4) is 0 Å². The summed E-state index contributed by atoms with van der Waals surface area (Å²) in [5.74, 6) is 2.20. The van der Waals surface area contributed by atoms with Crippen molar-refractivity contribution in [2.24, 2.45) is 17.8 Å². The second kappa shape index (κ2) is 6.95. The molecule has 0 atom stereocenters. The van der Waals surface area contributed by atoms with E-state index in [1.165, 1.54) is 66.9 Å². The number of rotatable bonds is 5. The molecule has 4 aliphatic rings. The van der Waals surface area contributed by atoms with E-state index in [-0.39, 0.29) is 23.8 Å². The number of carbonyl (C=O) groups is 2. The Morgan fingerprint density at radius 3 is 2.43 bits per heavy atom. The molecule has 148 valence electrons. The minimum Gasteiger partial charge on any atom is -0.342 e. The Hall–Kier alpha value is -1.73. The van der Waals surface area contributed by atoms with E-state index in [2.05, 4.69) is 16.0 Å². The largest absolute Gasteiger partial charge is 0.342 e. The van der Waals surface area contributed by atoms with Gasteiger partial charge >= 0.3 is 0 Å². The van der Waals surface area contributed by atoms with E-state index in [1.54, 1.807) is 6.07 Å². The van der Waals surface area contributed by atoms with E-state index < -0.39 is 0 Å². The van der Waals surface area contributed by atoms with Crippen molar-refractivity contribution >= 4 is 39.6 Å². The van der Waals surface area contributed by atoms with Crippen LogP contribution in [0, 0.1) is 24.7 Å². The summed E-state index contributed by atoms with van der Waals surface area (Å²) >= 11 is 2.93. The van der Waals surface area contributed by atoms with Crippen molar-refractivity contribution in [2.75, 3.05) is 11.9 Å². The van der Waals surface area contributed by atoms with Crippen LogP contribution in [-0.2, 0) is 10.2 Å². The monoisotopic (exact) mass is 415 g/mol. The Labute approximate surface area is 173 Å². The normalized spacial score (nSPS) is 30.4. The van der Waals surface area contributed by atoms with Crippen LogP contribution < -0.4 is 10.6 Å². The molecule has 4 aliphatic carbocycles. The van der Waals surface area contributed by atoms with Crippen LogP contribution in [0.1, 0.15) is 58.8 Å². The molecule has 0 aromatic carbocycles. The maximum Gasteiger partial charge on any atom is 0.261 e. The molecule has 5 nitrogen and oxygen atoms in total. The van der Waals surface area contributed by atoms with E-state index in [9.17, 15) is 9.59 Å². The summed E-state index contributed by atoms with van der Waals surface area (Å²) in [6.07, 6.45) is 8.05. The van der Waals surface area contributed by atoms with Gasteiger partial charge in [0.25, 0.3) is 5.91 Å². The first kappa shape index (κ1) is 18.3. The minimum atomic E-state index is -0.229. The van der Waals surface area contributed by atoms with Gasteiger partial charge in [0.05, 0.1) is 17.1 Å². The van der Waals surface area contributed by atoms with Gasteiger partial charge in [0.1, 0.15) is 0 Å². The molecule has 0 unspecified atom stereocenters. The molecule has 2 aromatic rings. The molecule has 2 heterocycles. The zero-order valence-electron chi connectivity index (χ0n) is 16.0. The maximum absolute atomic E-state index is 12.3. The smallest absolute Gasteiger partial charge is 0.261 e. The zero-order valence-corrected chi connectivity index (χ0v) is 17.6. The van der Waals surface area contributed by atoms with Crippen molar-refractivity contribution in [3.8, 4) is 0 Å². The summed E-state index contributed by atoms with van der Waals surface area (Å²) in [6, 6.07) is 3.69. The third-order valence-corrected chi connectivity index (χ3v) is 8.46. The third kappa shape index (κ3) is 3.39. The van der Waals surface area contributed by atoms with E-state index in [4.69, 9.17) is 4.98 Å². The Balaban J connectivity index is 1.20. The van der Waals surface area contributed by atoms with Crippen LogP contribution in [0.5, 0.6) is 0 Å². The Kier molecular flexibility index (Phi) is 4.55. The molecular formula is C21H25N3O2S2. The highest BCUT2D eigenvalue weighted by Gasteiger charge is 2.52. The van der Waals surface area contributed by atoms with Gasteiger partial charge in [0.15, 0.2) is 5.13 Å². The first-order valence-corrected chi connectivity index (χ1v) is 11.8. The number of carbonyl (C=O) groups excluding carboxylic acids is 2. The van der Waals surface area contributed by atoms with Gasteiger partial charge in [-0.2, -0.15) is 0 Å². The van der Waals surface area contributed by atoms with E-state index >= 15 is 0 Å². The number of anilines is 1. The number of nitrogens with zero attached hydrogens (tertiary/aromatic N) is 1. The standard InChI is InChI=1S/C21H25N3O2S2/c1-12-2-3-16(28-12)19(26)22-10-18(25)24-20-23-17(11-27-20)21-7-13-4-14(8-21)6-15(5-13)9-21/h2-3,11,13-15H,4-10H2,1H3,(H,22,26)(H,23,24,25). The number of aromatic nitrogens is 1. The Bertz CT molecular complexity index is 881. The van der Waals surface area contributed by atoms with E-state index in [1.807, 2.05) is 13.0 Å². The van der Waals surface area contributed by atoms with Crippen LogP contribution in [0.2, 0.25) is 0 Å². The van der Waals surface area contributed by atoms with Crippen LogP contribution in [0.4, 0.5) is 5.13 Å². The number of amides is 2. The number of hydrogen-bond acceptors (Lipinski definition) is 5. The van der Waals surface area contributed by atoms with Crippen LogP contribution >= 0.6 is 22.7 Å². The number of nitrogens with one attached hydrogen (secondary N) is 2. The number of thiazole rings is 1. The van der Waals surface area contributed by atoms with Crippen molar-refractivity contribution in [3.05, 3.63) is 33.0 Å². The second-order valence-electron chi connectivity index (χ2n) is 8.88. The summed E-state index contributed by atoms with van der Waals surface area (Å²) in [5, 5.41) is 8.35. The first-order valence-electron chi connectivity index (χ1n) is 10.1. The fourth-order valence-electron chi connectivity index (χ4n) is 5.97. The van der Waals surface area contributed by atoms with Crippen molar-refractivity contribution in [2.45, 2.75) is 50.9 Å². The highest BCUT2D eigenvalue weighted by Crippen LogP contribution is 2.60. The molecule has 6 rings (SSSR count). The summed E-state index contributed by atoms with van der Waals surface area (Å²) in [5.41, 5.74) is 1.43. The lowest BCUT2D eigenvalue weighted by molar-refractivity contribution is -0.115. The molecular weight excluding hydrogens is 390 g/mol. The molecule has 28 heavy (non-hydrogen) atoms. The first-order chi connectivity index (χ1) is 13.5. The lowest BCUT2D eigenvalue weighted by atomic mass is 9.49. The lowest BCUT2D eigenvalue weighted by Gasteiger charge is -2.56. The summed E-state index contributed by atoms with van der Waals surface area (Å²) in [7, 11) is 0. The molecule has 0 spiro atoms. The second-order valence-corrected chi connectivity index (χ2v) is 11.0. The summed E-state index contributed by atoms with van der Waals surface area (Å²) in [4.78, 5) is 30.9. The van der Waals surface area contributed by atoms with Gasteiger partial charge in [-0.05, 0) is 75.3 Å². The molecule has 4 saturated carbocycles. The molecule has 2 N–H and O–H groups in total. The van der Waals surface area contributed by atoms with Crippen molar-refractivity contribution in [1.82, 2.24) is 10.3 Å². The van der Waals surface area contributed by atoms with Gasteiger partial charge in [-0.1, -0.05) is 0 Å². The topological polar surface area (TPSA) is 71.1 Å². The Morgan fingerprint density at radius 1 is 1.14 bits per heavy atom. The van der Waals surface area contributed by atoms with Crippen molar-refractivity contribution < 1.29 is 9.59 Å². The van der Waals surface area contributed by atoms with Gasteiger partial charge in [-0.25, -0.2) is 4.98 Å². The SMILES string of the molecule is Cc1ccc(C(=O)NCC(=O)Nc2nc(C34CC5CC(CC(C5)C3)C4)cs2)s1. The predicted molar refractivity (Wildman–Crippen MR) is 112 cm³/mol. The zero-order chi connectivity index (χ0) is 19.3. The average Bonchev–Trinajstić information content (AvgIpc) is 3.28. The highest BCUT2D eigenvalue weighted by molar-refractivity contribution is 7.14. The fourth-order valence-corrected chi connectivity index (χ4v) is 7.60. The molecule has 4 fully saturated rings. The van der Waals surface area contributed by atoms with E-state index in [0.29, 0.717) is 10.0 Å². The fraction of sp³-hybridized carbons (Fsp3) is 0.571. The van der Waals surface area contributed by atoms with Crippen molar-refractivity contribution in [1.29, 1.82) is 0 Å². The van der Waals surface area contributed by atoms with E-state index in [0.717, 1.165) is 22.6 Å². The van der Waals surface area contributed by atoms with Gasteiger partial charge in [-0.3, -0.25) is 9.59 Å². The van der Waals surface area contributed by atoms with Crippen LogP contribution in [0.25, 0.3) is 0 Å². The molecule has 2 amide bonds. The van der Waals surface area contributed by atoms with Gasteiger partial charge in [0, 0.05) is 15.7 Å². The minimum absolute atomic E-state index is 0.0396. The third-order valence-electron chi connectivity index (χ3n) is 6.71. The Morgan fingerprint density at radius 2 is 1.82 bits per heavy atom. The quantitative estimate of drug-likeness (QED) is 0.763. The summed E-state index contributed by atoms with van der Waals surface area (Å²) < 4.78 is 0. The molecule has 0 saturated heterocycles. The predicted octanol–water partition coefficient (Wildman–Crippen LogP) is 4.35. The molecule has 0 aliphatic heterocycles. The highest BCUT2D eigenvalue weighted by atomic mass is 32.1. The summed E-state index contributed by atoms with van der Waals surface area (Å²) in [6.45, 7) is 1.92.